The highest BCUT2D eigenvalue weighted by Gasteiger charge is 2.42. The van der Waals surface area contributed by atoms with Crippen LogP contribution in [0.4, 0.5) is 13.2 Å². The third-order valence-corrected chi connectivity index (χ3v) is 2.69. The molecule has 0 saturated carbocycles. The summed E-state index contributed by atoms with van der Waals surface area (Å²) in [6.07, 6.45) is -4.73. The third kappa shape index (κ3) is 2.16. The molecule has 0 amide bonds. The highest BCUT2D eigenvalue weighted by atomic mass is 35.5. The average molecular weight is 256 g/mol. The molecular formula is C9H9ClF3NO2. The molecule has 1 unspecified atom stereocenters. The molecule has 0 bridgehead atoms. The van der Waals surface area contributed by atoms with Crippen LogP contribution in [-0.2, 0) is 7.05 Å². The predicted molar refractivity (Wildman–Crippen MR) is 52.7 cm³/mol. The van der Waals surface area contributed by atoms with Crippen LogP contribution in [0.15, 0.2) is 10.9 Å². The monoisotopic (exact) mass is 255 g/mol. The molecule has 1 aromatic rings. The van der Waals surface area contributed by atoms with Gasteiger partial charge < -0.3 is 9.67 Å². The summed E-state index contributed by atoms with van der Waals surface area (Å²) in [6, 6.07) is 1.04. The van der Waals surface area contributed by atoms with Gasteiger partial charge >= 0.3 is 6.18 Å². The first-order chi connectivity index (χ1) is 7.16. The molecule has 0 aromatic carbocycles. The number of aryl methyl sites for hydroxylation is 1. The smallest absolute Gasteiger partial charge is 0.410 e. The van der Waals surface area contributed by atoms with Crippen LogP contribution in [-0.4, -0.2) is 15.8 Å². The van der Waals surface area contributed by atoms with Crippen molar-refractivity contribution in [3.8, 4) is 5.75 Å². The lowest BCUT2D eigenvalue weighted by atomic mass is 10.2. The molecule has 0 aliphatic rings. The van der Waals surface area contributed by atoms with Gasteiger partial charge in [-0.25, -0.2) is 0 Å². The molecule has 7 heteroatoms. The Bertz CT molecular complexity index is 467. The molecule has 0 aliphatic carbocycles. The fourth-order valence-corrected chi connectivity index (χ4v) is 1.52. The molecule has 1 atom stereocenters. The van der Waals surface area contributed by atoms with Crippen LogP contribution < -0.4 is 5.43 Å². The van der Waals surface area contributed by atoms with Crippen LogP contribution in [0.25, 0.3) is 0 Å². The number of hydrogen-bond donors (Lipinski definition) is 1. The van der Waals surface area contributed by atoms with E-state index in [1.807, 2.05) is 0 Å². The van der Waals surface area contributed by atoms with Gasteiger partial charge in [0.15, 0.2) is 11.1 Å². The van der Waals surface area contributed by atoms with Crippen LogP contribution in [0.1, 0.15) is 16.8 Å². The van der Waals surface area contributed by atoms with Crippen molar-refractivity contribution < 1.29 is 18.3 Å². The summed E-state index contributed by atoms with van der Waals surface area (Å²) < 4.78 is 38.2. The average Bonchev–Trinajstić information content (AvgIpc) is 2.13. The first-order valence-corrected chi connectivity index (χ1v) is 4.70. The molecule has 0 aliphatic heterocycles. The standard InChI is InChI=1S/C9H9ClF3NO2/c1-4-3-5(15)7(16)6(14(4)2)8(10)9(11,12)13/h3,8,16H,1-2H3. The minimum absolute atomic E-state index is 0.285. The number of halogens is 4. The largest absolute Gasteiger partial charge is 0.503 e. The van der Waals surface area contributed by atoms with Gasteiger partial charge in [-0.05, 0) is 6.92 Å². The Hall–Kier alpha value is -1.17. The number of rotatable bonds is 1. The molecule has 1 heterocycles. The van der Waals surface area contributed by atoms with Crippen molar-refractivity contribution in [2.24, 2.45) is 7.05 Å². The second-order valence-corrected chi connectivity index (χ2v) is 3.78. The highest BCUT2D eigenvalue weighted by molar-refractivity contribution is 6.21. The number of pyridine rings is 1. The van der Waals surface area contributed by atoms with Crippen LogP contribution in [0, 0.1) is 6.92 Å². The first kappa shape index (κ1) is 12.9. The number of aromatic hydroxyl groups is 1. The van der Waals surface area contributed by atoms with Crippen molar-refractivity contribution >= 4 is 11.6 Å². The van der Waals surface area contributed by atoms with E-state index in [4.69, 9.17) is 11.6 Å². The lowest BCUT2D eigenvalue weighted by Crippen LogP contribution is -2.23. The minimum atomic E-state index is -4.73. The fourth-order valence-electron chi connectivity index (χ4n) is 1.28. The zero-order chi connectivity index (χ0) is 12.7. The molecular weight excluding hydrogens is 247 g/mol. The number of nitrogens with zero attached hydrogens (tertiary/aromatic N) is 1. The normalized spacial score (nSPS) is 13.9. The third-order valence-electron chi connectivity index (χ3n) is 2.23. The summed E-state index contributed by atoms with van der Waals surface area (Å²) in [7, 11) is 1.30. The van der Waals surface area contributed by atoms with Crippen molar-refractivity contribution in [3.63, 3.8) is 0 Å². The van der Waals surface area contributed by atoms with Crippen molar-refractivity contribution in [1.29, 1.82) is 0 Å². The van der Waals surface area contributed by atoms with Crippen molar-refractivity contribution in [3.05, 3.63) is 27.7 Å². The van der Waals surface area contributed by atoms with E-state index in [0.29, 0.717) is 0 Å². The molecule has 0 spiro atoms. The van der Waals surface area contributed by atoms with Gasteiger partial charge in [0.1, 0.15) is 0 Å². The van der Waals surface area contributed by atoms with Gasteiger partial charge in [0.25, 0.3) is 0 Å². The zero-order valence-electron chi connectivity index (χ0n) is 8.47. The van der Waals surface area contributed by atoms with E-state index in [2.05, 4.69) is 0 Å². The first-order valence-electron chi connectivity index (χ1n) is 4.26. The van der Waals surface area contributed by atoms with E-state index >= 15 is 0 Å². The van der Waals surface area contributed by atoms with E-state index in [0.717, 1.165) is 10.6 Å². The van der Waals surface area contributed by atoms with Crippen LogP contribution in [0.3, 0.4) is 0 Å². The number of alkyl halides is 4. The summed E-state index contributed by atoms with van der Waals surface area (Å²) >= 11 is 5.19. The Morgan fingerprint density at radius 3 is 2.44 bits per heavy atom. The molecule has 3 nitrogen and oxygen atoms in total. The Kier molecular flexibility index (Phi) is 3.23. The number of aromatic nitrogens is 1. The van der Waals surface area contributed by atoms with Gasteiger partial charge in [-0.15, -0.1) is 11.6 Å². The van der Waals surface area contributed by atoms with Crippen LogP contribution in [0.5, 0.6) is 5.75 Å². The SMILES string of the molecule is Cc1cc(=O)c(O)c(C(Cl)C(F)(F)F)n1C. The summed E-state index contributed by atoms with van der Waals surface area (Å²) in [5.41, 5.74) is -1.23. The maximum absolute atomic E-state index is 12.4. The van der Waals surface area contributed by atoms with Gasteiger partial charge in [0.2, 0.25) is 5.43 Å². The van der Waals surface area contributed by atoms with Gasteiger partial charge in [-0.1, -0.05) is 0 Å². The maximum Gasteiger partial charge on any atom is 0.410 e. The van der Waals surface area contributed by atoms with E-state index in [1.54, 1.807) is 0 Å². The van der Waals surface area contributed by atoms with Crippen LogP contribution in [0.2, 0.25) is 0 Å². The summed E-state index contributed by atoms with van der Waals surface area (Å²) in [5.74, 6) is -0.967. The summed E-state index contributed by atoms with van der Waals surface area (Å²) in [4.78, 5) is 11.2. The lowest BCUT2D eigenvalue weighted by Gasteiger charge is -2.19. The molecule has 0 radical (unpaired) electrons. The van der Waals surface area contributed by atoms with Gasteiger partial charge in [0, 0.05) is 18.8 Å². The van der Waals surface area contributed by atoms with Gasteiger partial charge in [-0.2, -0.15) is 13.2 Å². The minimum Gasteiger partial charge on any atom is -0.503 e. The maximum atomic E-state index is 12.4. The highest BCUT2D eigenvalue weighted by Crippen LogP contribution is 2.40. The predicted octanol–water partition coefficient (Wildman–Crippen LogP) is 2.24. The van der Waals surface area contributed by atoms with Crippen molar-refractivity contribution in [1.82, 2.24) is 4.57 Å². The van der Waals surface area contributed by atoms with Gasteiger partial charge in [-0.3, -0.25) is 4.79 Å². The van der Waals surface area contributed by atoms with Crippen molar-refractivity contribution in [2.75, 3.05) is 0 Å². The fraction of sp³-hybridized carbons (Fsp3) is 0.444. The summed E-state index contributed by atoms with van der Waals surface area (Å²) in [5, 5.41) is 6.91. The van der Waals surface area contributed by atoms with E-state index in [1.165, 1.54) is 14.0 Å². The lowest BCUT2D eigenvalue weighted by molar-refractivity contribution is -0.133. The van der Waals surface area contributed by atoms with Crippen molar-refractivity contribution in [2.45, 2.75) is 18.5 Å². The molecule has 1 aromatic heterocycles. The topological polar surface area (TPSA) is 42.2 Å². The Morgan fingerprint density at radius 1 is 1.50 bits per heavy atom. The molecule has 1 N–H and O–H groups in total. The number of hydrogen-bond acceptors (Lipinski definition) is 2. The molecule has 0 fully saturated rings. The molecule has 0 saturated heterocycles. The summed E-state index contributed by atoms with van der Waals surface area (Å²) in [6.45, 7) is 1.45. The van der Waals surface area contributed by atoms with Crippen LogP contribution >= 0.6 is 11.6 Å². The zero-order valence-corrected chi connectivity index (χ0v) is 9.23. The van der Waals surface area contributed by atoms with Gasteiger partial charge in [0.05, 0.1) is 5.69 Å². The quantitative estimate of drug-likeness (QED) is 0.782. The molecule has 90 valence electrons. The van der Waals surface area contributed by atoms with E-state index < -0.39 is 28.4 Å². The molecule has 1 rings (SSSR count). The van der Waals surface area contributed by atoms with E-state index in [-0.39, 0.29) is 5.69 Å². The Morgan fingerprint density at radius 2 is 2.00 bits per heavy atom. The second-order valence-electron chi connectivity index (χ2n) is 3.35. The molecule has 16 heavy (non-hydrogen) atoms. The Balaban J connectivity index is 3.50. The Labute approximate surface area is 94.1 Å². The van der Waals surface area contributed by atoms with E-state index in [9.17, 15) is 23.1 Å². The second kappa shape index (κ2) is 4.01.